The van der Waals surface area contributed by atoms with Crippen molar-refractivity contribution in [3.05, 3.63) is 48.2 Å². The Hall–Kier alpha value is -3.09. The maximum atomic E-state index is 12.2. The van der Waals surface area contributed by atoms with Crippen LogP contribution < -0.4 is 10.2 Å². The maximum Gasteiger partial charge on any atom is 0.322 e. The molecule has 3 rings (SSSR count). The molecule has 22 heavy (non-hydrogen) atoms. The SMILES string of the molecule is CN(C)c1cccc(C(=O)Nc2nnc(-c3ccco3)o2)c1. The van der Waals surface area contributed by atoms with Gasteiger partial charge in [0.25, 0.3) is 11.8 Å². The van der Waals surface area contributed by atoms with Crippen LogP contribution in [0.2, 0.25) is 0 Å². The number of furan rings is 1. The third-order valence-corrected chi connectivity index (χ3v) is 3.00. The van der Waals surface area contributed by atoms with E-state index in [2.05, 4.69) is 15.5 Å². The number of carbonyl (C=O) groups excluding carboxylic acids is 1. The Bertz CT molecular complexity index is 778. The summed E-state index contributed by atoms with van der Waals surface area (Å²) in [5.41, 5.74) is 1.43. The lowest BCUT2D eigenvalue weighted by Crippen LogP contribution is -2.14. The molecule has 0 aliphatic heterocycles. The van der Waals surface area contributed by atoms with Crippen LogP contribution >= 0.6 is 0 Å². The number of hydrogen-bond acceptors (Lipinski definition) is 6. The lowest BCUT2D eigenvalue weighted by molar-refractivity contribution is 0.102. The average molecular weight is 298 g/mol. The Morgan fingerprint density at radius 2 is 2.05 bits per heavy atom. The normalized spacial score (nSPS) is 10.5. The van der Waals surface area contributed by atoms with Crippen LogP contribution in [0.5, 0.6) is 0 Å². The van der Waals surface area contributed by atoms with Gasteiger partial charge < -0.3 is 13.7 Å². The average Bonchev–Trinajstić information content (AvgIpc) is 3.18. The van der Waals surface area contributed by atoms with E-state index in [1.54, 1.807) is 24.3 Å². The first-order valence-electron chi connectivity index (χ1n) is 6.59. The second-order valence-electron chi connectivity index (χ2n) is 4.79. The van der Waals surface area contributed by atoms with E-state index in [-0.39, 0.29) is 17.8 Å². The molecule has 7 heteroatoms. The topological polar surface area (TPSA) is 84.4 Å². The molecule has 0 unspecified atom stereocenters. The summed E-state index contributed by atoms with van der Waals surface area (Å²) in [4.78, 5) is 14.1. The van der Waals surface area contributed by atoms with Gasteiger partial charge in [0.15, 0.2) is 5.76 Å². The quantitative estimate of drug-likeness (QED) is 0.797. The summed E-state index contributed by atoms with van der Waals surface area (Å²) >= 11 is 0. The van der Waals surface area contributed by atoms with Gasteiger partial charge in [-0.25, -0.2) is 0 Å². The summed E-state index contributed by atoms with van der Waals surface area (Å²) in [6, 6.07) is 10.6. The van der Waals surface area contributed by atoms with Crippen LogP contribution in [-0.4, -0.2) is 30.2 Å². The minimum atomic E-state index is -0.321. The second kappa shape index (κ2) is 5.72. The van der Waals surface area contributed by atoms with E-state index in [1.165, 1.54) is 6.26 Å². The molecule has 0 fully saturated rings. The van der Waals surface area contributed by atoms with Gasteiger partial charge in [0, 0.05) is 25.3 Å². The van der Waals surface area contributed by atoms with Crippen molar-refractivity contribution in [3.8, 4) is 11.7 Å². The third-order valence-electron chi connectivity index (χ3n) is 3.00. The van der Waals surface area contributed by atoms with Crippen LogP contribution in [-0.2, 0) is 0 Å². The highest BCUT2D eigenvalue weighted by atomic mass is 16.4. The third kappa shape index (κ3) is 2.83. The van der Waals surface area contributed by atoms with E-state index in [4.69, 9.17) is 8.83 Å². The highest BCUT2D eigenvalue weighted by Crippen LogP contribution is 2.20. The molecule has 3 aromatic rings. The highest BCUT2D eigenvalue weighted by Gasteiger charge is 2.14. The predicted octanol–water partition coefficient (Wildman–Crippen LogP) is 2.65. The molecular formula is C15H14N4O3. The highest BCUT2D eigenvalue weighted by molar-refractivity contribution is 6.03. The van der Waals surface area contributed by atoms with Crippen molar-refractivity contribution in [1.29, 1.82) is 0 Å². The summed E-state index contributed by atoms with van der Waals surface area (Å²) in [5.74, 6) is 0.336. The van der Waals surface area contributed by atoms with Crippen LogP contribution in [0.1, 0.15) is 10.4 Å². The fourth-order valence-electron chi connectivity index (χ4n) is 1.87. The standard InChI is InChI=1S/C15H14N4O3/c1-19(2)11-6-3-5-10(9-11)13(20)16-15-18-17-14(22-15)12-7-4-8-21-12/h3-9H,1-2H3,(H,16,18,20). The van der Waals surface area contributed by atoms with Crippen LogP contribution in [0, 0.1) is 0 Å². The lowest BCUT2D eigenvalue weighted by Gasteiger charge is -2.12. The van der Waals surface area contributed by atoms with Crippen LogP contribution in [0.3, 0.4) is 0 Å². The van der Waals surface area contributed by atoms with Crippen molar-refractivity contribution in [2.45, 2.75) is 0 Å². The van der Waals surface area contributed by atoms with Crippen molar-refractivity contribution >= 4 is 17.6 Å². The first-order valence-corrected chi connectivity index (χ1v) is 6.59. The Morgan fingerprint density at radius 3 is 2.77 bits per heavy atom. The minimum absolute atomic E-state index is 0.0201. The fraction of sp³-hybridized carbons (Fsp3) is 0.133. The summed E-state index contributed by atoms with van der Waals surface area (Å²) in [5, 5.41) is 10.2. The van der Waals surface area contributed by atoms with E-state index < -0.39 is 0 Å². The number of aromatic nitrogens is 2. The van der Waals surface area contributed by atoms with E-state index in [0.717, 1.165) is 5.69 Å². The van der Waals surface area contributed by atoms with Gasteiger partial charge in [0.2, 0.25) is 0 Å². The summed E-state index contributed by atoms with van der Waals surface area (Å²) in [6.07, 6.45) is 1.50. The Kier molecular flexibility index (Phi) is 3.61. The molecule has 2 aromatic heterocycles. The zero-order valence-corrected chi connectivity index (χ0v) is 12.1. The van der Waals surface area contributed by atoms with Gasteiger partial charge in [0.05, 0.1) is 6.26 Å². The van der Waals surface area contributed by atoms with E-state index in [1.807, 2.05) is 31.1 Å². The number of benzene rings is 1. The zero-order valence-electron chi connectivity index (χ0n) is 12.1. The molecule has 0 aliphatic rings. The van der Waals surface area contributed by atoms with Gasteiger partial charge in [-0.3, -0.25) is 10.1 Å². The van der Waals surface area contributed by atoms with Crippen molar-refractivity contribution in [1.82, 2.24) is 10.2 Å². The molecule has 7 nitrogen and oxygen atoms in total. The van der Waals surface area contributed by atoms with Gasteiger partial charge >= 0.3 is 6.01 Å². The molecule has 0 atom stereocenters. The summed E-state index contributed by atoms with van der Waals surface area (Å²) in [7, 11) is 3.81. The number of anilines is 2. The molecule has 1 N–H and O–H groups in total. The molecule has 112 valence electrons. The van der Waals surface area contributed by atoms with Crippen molar-refractivity contribution in [2.24, 2.45) is 0 Å². The van der Waals surface area contributed by atoms with Crippen LogP contribution in [0.15, 0.2) is 51.5 Å². The van der Waals surface area contributed by atoms with Crippen LogP contribution in [0.25, 0.3) is 11.7 Å². The molecule has 1 aromatic carbocycles. The van der Waals surface area contributed by atoms with E-state index in [9.17, 15) is 4.79 Å². The van der Waals surface area contributed by atoms with E-state index >= 15 is 0 Å². The monoisotopic (exact) mass is 298 g/mol. The predicted molar refractivity (Wildman–Crippen MR) is 80.7 cm³/mol. The molecule has 0 spiro atoms. The minimum Gasteiger partial charge on any atom is -0.459 e. The first-order chi connectivity index (χ1) is 10.6. The summed E-state index contributed by atoms with van der Waals surface area (Å²) in [6.45, 7) is 0. The fourth-order valence-corrected chi connectivity index (χ4v) is 1.87. The molecular weight excluding hydrogens is 284 g/mol. The number of nitrogens with one attached hydrogen (secondary N) is 1. The molecule has 0 bridgehead atoms. The Morgan fingerprint density at radius 1 is 1.18 bits per heavy atom. The zero-order chi connectivity index (χ0) is 15.5. The Balaban J connectivity index is 1.76. The number of nitrogens with zero attached hydrogens (tertiary/aromatic N) is 3. The van der Waals surface area contributed by atoms with Gasteiger partial charge in [0.1, 0.15) is 0 Å². The molecule has 0 aliphatic carbocycles. The second-order valence-corrected chi connectivity index (χ2v) is 4.79. The number of rotatable bonds is 4. The molecule has 0 saturated carbocycles. The van der Waals surface area contributed by atoms with Crippen LogP contribution in [0.4, 0.5) is 11.7 Å². The molecule has 0 saturated heterocycles. The first kappa shape index (κ1) is 13.9. The number of carbonyl (C=O) groups is 1. The largest absolute Gasteiger partial charge is 0.459 e. The number of amides is 1. The Labute approximate surface area is 126 Å². The van der Waals surface area contributed by atoms with E-state index in [0.29, 0.717) is 11.3 Å². The summed E-state index contributed by atoms with van der Waals surface area (Å²) < 4.78 is 10.5. The molecule has 0 radical (unpaired) electrons. The van der Waals surface area contributed by atoms with Crippen molar-refractivity contribution in [3.63, 3.8) is 0 Å². The van der Waals surface area contributed by atoms with Gasteiger partial charge in [-0.1, -0.05) is 11.2 Å². The lowest BCUT2D eigenvalue weighted by atomic mass is 10.2. The molecule has 2 heterocycles. The van der Waals surface area contributed by atoms with Gasteiger partial charge in [-0.15, -0.1) is 5.10 Å². The smallest absolute Gasteiger partial charge is 0.322 e. The van der Waals surface area contributed by atoms with Crippen molar-refractivity contribution < 1.29 is 13.6 Å². The van der Waals surface area contributed by atoms with Gasteiger partial charge in [-0.05, 0) is 30.3 Å². The van der Waals surface area contributed by atoms with Gasteiger partial charge in [-0.2, -0.15) is 0 Å². The molecule has 1 amide bonds. The maximum absolute atomic E-state index is 12.2. The van der Waals surface area contributed by atoms with Crippen molar-refractivity contribution in [2.75, 3.05) is 24.3 Å². The number of hydrogen-bond donors (Lipinski definition) is 1.